The Balaban J connectivity index is 2.61. The molecule has 1 rings (SSSR count). The normalized spacial score (nSPS) is 23.7. The molecule has 0 bridgehead atoms. The Kier molecular flexibility index (Phi) is 5.15. The molecule has 0 spiro atoms. The number of carboxylic acids is 1. The van der Waals surface area contributed by atoms with Gasteiger partial charge in [0.1, 0.15) is 0 Å². The number of methoxy groups -OCH3 is 1. The lowest BCUT2D eigenvalue weighted by molar-refractivity contribution is -0.139. The Morgan fingerprint density at radius 2 is 2.29 bits per heavy atom. The van der Waals surface area contributed by atoms with E-state index in [4.69, 9.17) is 9.84 Å². The number of likely N-dealkylation sites (tertiary alicyclic amines) is 1. The van der Waals surface area contributed by atoms with E-state index in [2.05, 4.69) is 6.58 Å². The van der Waals surface area contributed by atoms with Gasteiger partial charge in [-0.3, -0.25) is 9.59 Å². The highest BCUT2D eigenvalue weighted by Crippen LogP contribution is 2.23. The quantitative estimate of drug-likeness (QED) is 0.706. The molecule has 1 heterocycles. The smallest absolute Gasteiger partial charge is 0.305 e. The predicted molar refractivity (Wildman–Crippen MR) is 62.6 cm³/mol. The standard InChI is InChI=1S/C12H19NO4/c1-3-4-5-11(14)13-8-10(17-2)6-9(13)7-12(15)16/h3,9-10H,1,4-8H2,2H3,(H,15,16). The SMILES string of the molecule is C=CCCC(=O)N1CC(OC)CC1CC(=O)O. The van der Waals surface area contributed by atoms with E-state index in [-0.39, 0.29) is 24.5 Å². The molecule has 1 saturated heterocycles. The summed E-state index contributed by atoms with van der Waals surface area (Å²) in [6.07, 6.45) is 3.23. The van der Waals surface area contributed by atoms with Gasteiger partial charge in [-0.25, -0.2) is 0 Å². The van der Waals surface area contributed by atoms with Crippen molar-refractivity contribution in [1.29, 1.82) is 0 Å². The number of nitrogens with zero attached hydrogens (tertiary/aromatic N) is 1. The monoisotopic (exact) mass is 241 g/mol. The van der Waals surface area contributed by atoms with E-state index in [1.165, 1.54) is 0 Å². The molecule has 1 N–H and O–H groups in total. The molecule has 0 aromatic heterocycles. The molecule has 5 nitrogen and oxygen atoms in total. The Bertz CT molecular complexity index is 303. The maximum atomic E-state index is 11.9. The number of carbonyl (C=O) groups excluding carboxylic acids is 1. The zero-order chi connectivity index (χ0) is 12.8. The summed E-state index contributed by atoms with van der Waals surface area (Å²) in [5, 5.41) is 8.81. The summed E-state index contributed by atoms with van der Waals surface area (Å²) >= 11 is 0. The van der Waals surface area contributed by atoms with Crippen LogP contribution in [0, 0.1) is 0 Å². The summed E-state index contributed by atoms with van der Waals surface area (Å²) < 4.78 is 5.20. The predicted octanol–water partition coefficient (Wildman–Crippen LogP) is 1.04. The number of hydrogen-bond donors (Lipinski definition) is 1. The first kappa shape index (κ1) is 13.7. The molecule has 0 radical (unpaired) electrons. The Morgan fingerprint density at radius 1 is 1.59 bits per heavy atom. The van der Waals surface area contributed by atoms with E-state index >= 15 is 0 Å². The second-order valence-electron chi connectivity index (χ2n) is 4.22. The second kappa shape index (κ2) is 6.39. The third-order valence-corrected chi connectivity index (χ3v) is 3.00. The lowest BCUT2D eigenvalue weighted by Gasteiger charge is -2.22. The van der Waals surface area contributed by atoms with Gasteiger partial charge in [0.25, 0.3) is 0 Å². The van der Waals surface area contributed by atoms with Crippen LogP contribution in [0.1, 0.15) is 25.7 Å². The van der Waals surface area contributed by atoms with Crippen LogP contribution in [0.5, 0.6) is 0 Å². The van der Waals surface area contributed by atoms with Crippen molar-refractivity contribution in [1.82, 2.24) is 4.90 Å². The van der Waals surface area contributed by atoms with E-state index < -0.39 is 5.97 Å². The number of allylic oxidation sites excluding steroid dienone is 1. The lowest BCUT2D eigenvalue weighted by atomic mass is 10.1. The average Bonchev–Trinajstić information content (AvgIpc) is 2.68. The number of amides is 1. The minimum absolute atomic E-state index is 0.0142. The second-order valence-corrected chi connectivity index (χ2v) is 4.22. The maximum Gasteiger partial charge on any atom is 0.305 e. The van der Waals surface area contributed by atoms with Gasteiger partial charge in [0.05, 0.1) is 12.5 Å². The van der Waals surface area contributed by atoms with Crippen LogP contribution in [-0.4, -0.2) is 47.7 Å². The fourth-order valence-corrected chi connectivity index (χ4v) is 2.11. The van der Waals surface area contributed by atoms with Gasteiger partial charge in [-0.2, -0.15) is 0 Å². The zero-order valence-corrected chi connectivity index (χ0v) is 10.1. The topological polar surface area (TPSA) is 66.8 Å². The van der Waals surface area contributed by atoms with E-state index in [1.54, 1.807) is 18.1 Å². The van der Waals surface area contributed by atoms with Gasteiger partial charge >= 0.3 is 5.97 Å². The number of ether oxygens (including phenoxy) is 1. The van der Waals surface area contributed by atoms with Crippen molar-refractivity contribution in [3.63, 3.8) is 0 Å². The number of carboxylic acid groups (broad SMARTS) is 1. The molecule has 17 heavy (non-hydrogen) atoms. The molecular formula is C12H19NO4. The third kappa shape index (κ3) is 3.85. The van der Waals surface area contributed by atoms with E-state index in [9.17, 15) is 9.59 Å². The minimum atomic E-state index is -0.881. The summed E-state index contributed by atoms with van der Waals surface area (Å²) in [6, 6.07) is -0.241. The Hall–Kier alpha value is -1.36. The zero-order valence-electron chi connectivity index (χ0n) is 10.1. The van der Waals surface area contributed by atoms with Crippen molar-refractivity contribution >= 4 is 11.9 Å². The van der Waals surface area contributed by atoms with Gasteiger partial charge in [0.15, 0.2) is 0 Å². The Labute approximate surface area is 101 Å². The molecule has 1 fully saturated rings. The molecule has 1 aliphatic rings. The van der Waals surface area contributed by atoms with Crippen LogP contribution in [-0.2, 0) is 14.3 Å². The molecule has 0 aromatic rings. The average molecular weight is 241 g/mol. The van der Waals surface area contributed by atoms with Gasteiger partial charge in [-0.1, -0.05) is 6.08 Å². The van der Waals surface area contributed by atoms with Crippen molar-refractivity contribution in [3.8, 4) is 0 Å². The van der Waals surface area contributed by atoms with Crippen LogP contribution in [0.4, 0.5) is 0 Å². The molecular weight excluding hydrogens is 222 g/mol. The van der Waals surface area contributed by atoms with Gasteiger partial charge in [-0.05, 0) is 12.8 Å². The summed E-state index contributed by atoms with van der Waals surface area (Å²) in [5.41, 5.74) is 0. The van der Waals surface area contributed by atoms with Crippen molar-refractivity contribution in [3.05, 3.63) is 12.7 Å². The summed E-state index contributed by atoms with van der Waals surface area (Å²) in [6.45, 7) is 4.06. The van der Waals surface area contributed by atoms with Gasteiger partial charge in [0.2, 0.25) is 5.91 Å². The van der Waals surface area contributed by atoms with Crippen LogP contribution < -0.4 is 0 Å². The van der Waals surface area contributed by atoms with E-state index in [0.717, 1.165) is 0 Å². The third-order valence-electron chi connectivity index (χ3n) is 3.00. The van der Waals surface area contributed by atoms with Crippen LogP contribution in [0.3, 0.4) is 0 Å². The number of aliphatic carboxylic acids is 1. The molecule has 5 heteroatoms. The fourth-order valence-electron chi connectivity index (χ4n) is 2.11. The summed E-state index contributed by atoms with van der Waals surface area (Å²) in [7, 11) is 1.58. The summed E-state index contributed by atoms with van der Waals surface area (Å²) in [4.78, 5) is 24.3. The highest BCUT2D eigenvalue weighted by atomic mass is 16.5. The number of hydrogen-bond acceptors (Lipinski definition) is 3. The first-order chi connectivity index (χ1) is 8.08. The number of carbonyl (C=O) groups is 2. The molecule has 0 aromatic carbocycles. The van der Waals surface area contributed by atoms with Gasteiger partial charge in [0, 0.05) is 26.1 Å². The van der Waals surface area contributed by atoms with Crippen LogP contribution in [0.2, 0.25) is 0 Å². The number of rotatable bonds is 6. The van der Waals surface area contributed by atoms with Crippen LogP contribution in [0.15, 0.2) is 12.7 Å². The van der Waals surface area contributed by atoms with Crippen molar-refractivity contribution in [2.45, 2.75) is 37.8 Å². The molecule has 0 saturated carbocycles. The van der Waals surface area contributed by atoms with Crippen molar-refractivity contribution < 1.29 is 19.4 Å². The highest BCUT2D eigenvalue weighted by Gasteiger charge is 2.35. The van der Waals surface area contributed by atoms with Crippen molar-refractivity contribution in [2.75, 3.05) is 13.7 Å². The molecule has 1 aliphatic heterocycles. The maximum absolute atomic E-state index is 11.9. The van der Waals surface area contributed by atoms with Crippen LogP contribution in [0.25, 0.3) is 0 Å². The first-order valence-corrected chi connectivity index (χ1v) is 5.73. The highest BCUT2D eigenvalue weighted by molar-refractivity contribution is 5.78. The van der Waals surface area contributed by atoms with Gasteiger partial charge in [-0.15, -0.1) is 6.58 Å². The van der Waals surface area contributed by atoms with Crippen molar-refractivity contribution in [2.24, 2.45) is 0 Å². The molecule has 2 unspecified atom stereocenters. The molecule has 1 amide bonds. The van der Waals surface area contributed by atoms with E-state index in [0.29, 0.717) is 25.8 Å². The fraction of sp³-hybridized carbons (Fsp3) is 0.667. The molecule has 2 atom stereocenters. The van der Waals surface area contributed by atoms with E-state index in [1.807, 2.05) is 0 Å². The van der Waals surface area contributed by atoms with Crippen LogP contribution >= 0.6 is 0 Å². The largest absolute Gasteiger partial charge is 0.481 e. The van der Waals surface area contributed by atoms with Gasteiger partial charge < -0.3 is 14.7 Å². The first-order valence-electron chi connectivity index (χ1n) is 5.73. The minimum Gasteiger partial charge on any atom is -0.481 e. The Morgan fingerprint density at radius 3 is 2.82 bits per heavy atom. The lowest BCUT2D eigenvalue weighted by Crippen LogP contribution is -2.37. The summed E-state index contributed by atoms with van der Waals surface area (Å²) in [5.74, 6) is -0.899. The molecule has 96 valence electrons. The molecule has 0 aliphatic carbocycles.